The van der Waals surface area contributed by atoms with E-state index >= 15 is 0 Å². The van der Waals surface area contributed by atoms with E-state index < -0.39 is 0 Å². The van der Waals surface area contributed by atoms with E-state index in [9.17, 15) is 9.59 Å². The molecular weight excluding hydrogens is 228 g/mol. The molecule has 1 aromatic heterocycles. The highest BCUT2D eigenvalue weighted by Gasteiger charge is 2.40. The summed E-state index contributed by atoms with van der Waals surface area (Å²) in [4.78, 5) is 29.9. The van der Waals surface area contributed by atoms with Crippen LogP contribution in [0.3, 0.4) is 0 Å². The zero-order valence-electron chi connectivity index (χ0n) is 10.3. The molecule has 2 aliphatic rings. The van der Waals surface area contributed by atoms with Gasteiger partial charge in [0.15, 0.2) is 0 Å². The van der Waals surface area contributed by atoms with Crippen LogP contribution in [-0.4, -0.2) is 16.8 Å². The molecule has 0 saturated carbocycles. The van der Waals surface area contributed by atoms with Crippen molar-refractivity contribution in [1.82, 2.24) is 4.98 Å². The Bertz CT molecular complexity index is 530. The molecule has 4 heteroatoms. The van der Waals surface area contributed by atoms with Gasteiger partial charge in [-0.25, -0.2) is 9.88 Å². The van der Waals surface area contributed by atoms with Crippen molar-refractivity contribution in [3.63, 3.8) is 0 Å². The highest BCUT2D eigenvalue weighted by molar-refractivity contribution is 6.32. The Labute approximate surface area is 105 Å². The number of nitrogens with zero attached hydrogens (tertiary/aromatic N) is 2. The van der Waals surface area contributed by atoms with Crippen molar-refractivity contribution in [1.29, 1.82) is 0 Å². The molecule has 0 radical (unpaired) electrons. The van der Waals surface area contributed by atoms with Gasteiger partial charge in [0.1, 0.15) is 5.82 Å². The number of imide groups is 1. The van der Waals surface area contributed by atoms with E-state index in [2.05, 4.69) is 4.98 Å². The van der Waals surface area contributed by atoms with Crippen LogP contribution in [0.1, 0.15) is 31.2 Å². The van der Waals surface area contributed by atoms with E-state index in [0.29, 0.717) is 17.0 Å². The number of hydrogen-bond donors (Lipinski definition) is 0. The first kappa shape index (κ1) is 11.1. The number of carbonyl (C=O) groups excluding carboxylic acids is 2. The summed E-state index contributed by atoms with van der Waals surface area (Å²) >= 11 is 0. The maximum absolute atomic E-state index is 12.2. The summed E-state index contributed by atoms with van der Waals surface area (Å²) in [7, 11) is 0. The van der Waals surface area contributed by atoms with Gasteiger partial charge in [-0.1, -0.05) is 6.07 Å². The lowest BCUT2D eigenvalue weighted by atomic mass is 9.93. The van der Waals surface area contributed by atoms with Gasteiger partial charge in [-0.3, -0.25) is 9.59 Å². The number of aromatic nitrogens is 1. The second kappa shape index (κ2) is 4.05. The highest BCUT2D eigenvalue weighted by atomic mass is 16.2. The van der Waals surface area contributed by atoms with Crippen molar-refractivity contribution >= 4 is 17.6 Å². The quantitative estimate of drug-likeness (QED) is 0.709. The van der Waals surface area contributed by atoms with Gasteiger partial charge in [0.2, 0.25) is 0 Å². The number of amides is 2. The smallest absolute Gasteiger partial charge is 0.262 e. The normalized spacial score (nSPS) is 19.5. The summed E-state index contributed by atoms with van der Waals surface area (Å²) in [6.07, 6.45) is 5.11. The van der Waals surface area contributed by atoms with E-state index in [0.717, 1.165) is 31.2 Å². The molecule has 0 aromatic carbocycles. The number of hydrogen-bond acceptors (Lipinski definition) is 3. The fourth-order valence-electron chi connectivity index (χ4n) is 2.54. The largest absolute Gasteiger partial charge is 0.269 e. The summed E-state index contributed by atoms with van der Waals surface area (Å²) < 4.78 is 0. The Morgan fingerprint density at radius 1 is 1.06 bits per heavy atom. The van der Waals surface area contributed by atoms with Crippen molar-refractivity contribution in [2.45, 2.75) is 32.6 Å². The Hall–Kier alpha value is -1.97. The summed E-state index contributed by atoms with van der Waals surface area (Å²) in [6, 6.07) is 3.59. The molecular formula is C14H14N2O2. The van der Waals surface area contributed by atoms with Gasteiger partial charge in [0.25, 0.3) is 11.8 Å². The second-order valence-electron chi connectivity index (χ2n) is 4.80. The van der Waals surface area contributed by atoms with Gasteiger partial charge in [0.05, 0.1) is 0 Å². The van der Waals surface area contributed by atoms with Crippen molar-refractivity contribution in [3.05, 3.63) is 35.0 Å². The van der Waals surface area contributed by atoms with Crippen LogP contribution in [-0.2, 0) is 9.59 Å². The first-order valence-corrected chi connectivity index (χ1v) is 6.22. The molecule has 3 rings (SSSR count). The molecule has 0 bridgehead atoms. The fraction of sp³-hybridized carbons (Fsp3) is 0.357. The minimum absolute atomic E-state index is 0.175. The van der Waals surface area contributed by atoms with Crippen LogP contribution in [0.15, 0.2) is 29.5 Å². The molecule has 92 valence electrons. The number of pyridine rings is 1. The third-order valence-corrected chi connectivity index (χ3v) is 3.52. The standard InChI is InChI=1S/C14H14N2O2/c1-9-6-7-12(15-8-9)16-13(17)10-4-2-3-5-11(10)14(16)18/h6-8H,2-5H2,1H3. The molecule has 0 saturated heterocycles. The fourth-order valence-corrected chi connectivity index (χ4v) is 2.54. The van der Waals surface area contributed by atoms with Gasteiger partial charge in [-0.2, -0.15) is 0 Å². The highest BCUT2D eigenvalue weighted by Crippen LogP contribution is 2.34. The molecule has 4 nitrogen and oxygen atoms in total. The first-order chi connectivity index (χ1) is 8.68. The average Bonchev–Trinajstić information content (AvgIpc) is 2.64. The average molecular weight is 242 g/mol. The maximum Gasteiger partial charge on any atom is 0.262 e. The third kappa shape index (κ3) is 1.56. The van der Waals surface area contributed by atoms with Crippen molar-refractivity contribution in [2.24, 2.45) is 0 Å². The number of carbonyl (C=O) groups is 2. The summed E-state index contributed by atoms with van der Waals surface area (Å²) in [5, 5.41) is 0. The van der Waals surface area contributed by atoms with E-state index in [1.54, 1.807) is 12.3 Å². The lowest BCUT2D eigenvalue weighted by Crippen LogP contribution is -2.32. The first-order valence-electron chi connectivity index (χ1n) is 6.22. The molecule has 18 heavy (non-hydrogen) atoms. The topological polar surface area (TPSA) is 50.3 Å². The van der Waals surface area contributed by atoms with E-state index in [1.807, 2.05) is 13.0 Å². The Morgan fingerprint density at radius 3 is 2.17 bits per heavy atom. The Kier molecular flexibility index (Phi) is 2.51. The van der Waals surface area contributed by atoms with Gasteiger partial charge in [0, 0.05) is 17.3 Å². The predicted octanol–water partition coefficient (Wildman–Crippen LogP) is 2.13. The molecule has 1 aromatic rings. The van der Waals surface area contributed by atoms with Crippen LogP contribution in [0.2, 0.25) is 0 Å². The van der Waals surface area contributed by atoms with Crippen LogP contribution in [0.5, 0.6) is 0 Å². The van der Waals surface area contributed by atoms with Crippen molar-refractivity contribution in [3.8, 4) is 0 Å². The molecule has 0 atom stereocenters. The molecule has 0 fully saturated rings. The van der Waals surface area contributed by atoms with Crippen LogP contribution >= 0.6 is 0 Å². The minimum Gasteiger partial charge on any atom is -0.269 e. The van der Waals surface area contributed by atoms with Crippen molar-refractivity contribution < 1.29 is 9.59 Å². The molecule has 0 unspecified atom stereocenters. The molecule has 2 amide bonds. The molecule has 2 heterocycles. The molecule has 0 spiro atoms. The molecule has 0 N–H and O–H groups in total. The summed E-state index contributed by atoms with van der Waals surface area (Å²) in [5.74, 6) is 0.0853. The van der Waals surface area contributed by atoms with Gasteiger partial charge in [-0.15, -0.1) is 0 Å². The maximum atomic E-state index is 12.2. The monoisotopic (exact) mass is 242 g/mol. The Morgan fingerprint density at radius 2 is 1.67 bits per heavy atom. The zero-order chi connectivity index (χ0) is 12.7. The number of anilines is 1. The van der Waals surface area contributed by atoms with Crippen LogP contribution in [0.4, 0.5) is 5.82 Å². The third-order valence-electron chi connectivity index (χ3n) is 3.52. The van der Waals surface area contributed by atoms with E-state index in [-0.39, 0.29) is 11.8 Å². The number of rotatable bonds is 1. The van der Waals surface area contributed by atoms with Gasteiger partial charge >= 0.3 is 0 Å². The summed E-state index contributed by atoms with van der Waals surface area (Å²) in [5.41, 5.74) is 2.41. The van der Waals surface area contributed by atoms with Gasteiger partial charge < -0.3 is 0 Å². The second-order valence-corrected chi connectivity index (χ2v) is 4.80. The number of aryl methyl sites for hydroxylation is 1. The Balaban J connectivity index is 1.99. The molecule has 1 aliphatic carbocycles. The van der Waals surface area contributed by atoms with Crippen LogP contribution < -0.4 is 4.90 Å². The van der Waals surface area contributed by atoms with Crippen LogP contribution in [0.25, 0.3) is 0 Å². The lowest BCUT2D eigenvalue weighted by molar-refractivity contribution is -0.120. The lowest BCUT2D eigenvalue weighted by Gasteiger charge is -2.13. The molecule has 1 aliphatic heterocycles. The van der Waals surface area contributed by atoms with Crippen molar-refractivity contribution in [2.75, 3.05) is 4.90 Å². The predicted molar refractivity (Wildman–Crippen MR) is 67.0 cm³/mol. The SMILES string of the molecule is Cc1ccc(N2C(=O)C3=C(CCCC3)C2=O)nc1. The van der Waals surface area contributed by atoms with E-state index in [4.69, 9.17) is 0 Å². The minimum atomic E-state index is -0.175. The van der Waals surface area contributed by atoms with Crippen LogP contribution in [0, 0.1) is 6.92 Å². The van der Waals surface area contributed by atoms with E-state index in [1.165, 1.54) is 4.90 Å². The van der Waals surface area contributed by atoms with Gasteiger partial charge in [-0.05, 0) is 44.2 Å². The zero-order valence-corrected chi connectivity index (χ0v) is 10.3. The summed E-state index contributed by atoms with van der Waals surface area (Å²) in [6.45, 7) is 1.92.